The van der Waals surface area contributed by atoms with Crippen molar-refractivity contribution >= 4 is 0 Å². The molecule has 1 aromatic heterocycles. The van der Waals surface area contributed by atoms with Crippen LogP contribution in [0.3, 0.4) is 0 Å². The van der Waals surface area contributed by atoms with Gasteiger partial charge >= 0.3 is 0 Å². The molecule has 1 N–H and O–H groups in total. The lowest BCUT2D eigenvalue weighted by molar-refractivity contribution is 0.0634. The van der Waals surface area contributed by atoms with Gasteiger partial charge in [0.1, 0.15) is 18.5 Å². The number of benzene rings is 1. The molecule has 0 saturated carbocycles. The zero-order valence-corrected chi connectivity index (χ0v) is 15.2. The molecule has 0 aliphatic carbocycles. The third-order valence-electron chi connectivity index (χ3n) is 4.74. The first-order valence-corrected chi connectivity index (χ1v) is 8.77. The molecule has 2 heterocycles. The fourth-order valence-electron chi connectivity index (χ4n) is 3.68. The molecule has 6 heteroatoms. The zero-order chi connectivity index (χ0) is 17.8. The van der Waals surface area contributed by atoms with E-state index in [1.165, 1.54) is 0 Å². The molecule has 1 aliphatic rings. The Morgan fingerprint density at radius 1 is 1.32 bits per heavy atom. The number of β-amino-alcohol motifs (C(OH)–C–C–N with tert-alkyl or cyclic N) is 1. The van der Waals surface area contributed by atoms with Gasteiger partial charge in [0.05, 0.1) is 18.4 Å². The maximum absolute atomic E-state index is 10.4. The highest BCUT2D eigenvalue weighted by molar-refractivity contribution is 5.35. The number of likely N-dealkylation sites (tertiary alicyclic amines) is 1. The van der Waals surface area contributed by atoms with Gasteiger partial charge in [0.2, 0.25) is 5.88 Å². The number of ether oxygens (including phenoxy) is 2. The lowest BCUT2D eigenvalue weighted by Gasteiger charge is -2.27. The van der Waals surface area contributed by atoms with Crippen molar-refractivity contribution < 1.29 is 14.6 Å². The van der Waals surface area contributed by atoms with Crippen LogP contribution in [0, 0.1) is 6.92 Å². The molecule has 0 unspecified atom stereocenters. The van der Waals surface area contributed by atoms with Crippen molar-refractivity contribution in [1.82, 2.24) is 14.7 Å². The molecule has 6 nitrogen and oxygen atoms in total. The summed E-state index contributed by atoms with van der Waals surface area (Å²) in [5, 5.41) is 14.9. The molecule has 2 atom stereocenters. The average Bonchev–Trinajstić information content (AvgIpc) is 3.16. The highest BCUT2D eigenvalue weighted by Gasteiger charge is 2.33. The second-order valence-corrected chi connectivity index (χ2v) is 6.56. The number of para-hydroxylation sites is 1. The maximum atomic E-state index is 10.4. The van der Waals surface area contributed by atoms with Crippen molar-refractivity contribution in [2.75, 3.05) is 26.8 Å². The number of aromatic nitrogens is 2. The first kappa shape index (κ1) is 17.8. The van der Waals surface area contributed by atoms with Crippen LogP contribution in [0.5, 0.6) is 11.6 Å². The van der Waals surface area contributed by atoms with Crippen molar-refractivity contribution in [3.63, 3.8) is 0 Å². The summed E-state index contributed by atoms with van der Waals surface area (Å²) in [6.45, 7) is 3.85. The molecule has 1 aliphatic heterocycles. The molecular weight excluding hydrogens is 318 g/mol. The molecule has 0 bridgehead atoms. The minimum Gasteiger partial charge on any atom is -0.491 e. The van der Waals surface area contributed by atoms with Crippen molar-refractivity contribution in [3.8, 4) is 11.6 Å². The van der Waals surface area contributed by atoms with Crippen LogP contribution in [0.15, 0.2) is 30.3 Å². The quantitative estimate of drug-likeness (QED) is 0.834. The Balaban J connectivity index is 1.64. The zero-order valence-electron chi connectivity index (χ0n) is 15.2. The van der Waals surface area contributed by atoms with E-state index in [1.54, 1.807) is 11.8 Å². The van der Waals surface area contributed by atoms with Gasteiger partial charge in [-0.05, 0) is 38.4 Å². The van der Waals surface area contributed by atoms with Gasteiger partial charge in [-0.1, -0.05) is 18.2 Å². The van der Waals surface area contributed by atoms with Gasteiger partial charge in [-0.25, -0.2) is 4.68 Å². The summed E-state index contributed by atoms with van der Waals surface area (Å²) in [7, 11) is 3.58. The van der Waals surface area contributed by atoms with Crippen LogP contribution in [0.25, 0.3) is 0 Å². The second kappa shape index (κ2) is 7.89. The number of nitrogens with zero attached hydrogens (tertiary/aromatic N) is 3. The van der Waals surface area contributed by atoms with Crippen molar-refractivity contribution in [2.24, 2.45) is 7.05 Å². The molecule has 1 fully saturated rings. The average molecular weight is 345 g/mol. The summed E-state index contributed by atoms with van der Waals surface area (Å²) >= 11 is 0. The fourth-order valence-corrected chi connectivity index (χ4v) is 3.68. The third-order valence-corrected chi connectivity index (χ3v) is 4.74. The number of aryl methyl sites for hydroxylation is 2. The van der Waals surface area contributed by atoms with Crippen LogP contribution in [0.4, 0.5) is 0 Å². The lowest BCUT2D eigenvalue weighted by Crippen LogP contribution is -2.35. The van der Waals surface area contributed by atoms with Crippen LogP contribution in [-0.4, -0.2) is 52.7 Å². The van der Waals surface area contributed by atoms with Gasteiger partial charge in [0.25, 0.3) is 0 Å². The Bertz CT molecular complexity index is 687. The predicted octanol–water partition coefficient (Wildman–Crippen LogP) is 2.31. The Morgan fingerprint density at radius 2 is 2.08 bits per heavy atom. The van der Waals surface area contributed by atoms with E-state index < -0.39 is 6.10 Å². The van der Waals surface area contributed by atoms with Crippen LogP contribution in [-0.2, 0) is 7.05 Å². The van der Waals surface area contributed by atoms with E-state index in [4.69, 9.17) is 9.47 Å². The lowest BCUT2D eigenvalue weighted by atomic mass is 10.0. The van der Waals surface area contributed by atoms with Crippen molar-refractivity contribution in [2.45, 2.75) is 31.9 Å². The summed E-state index contributed by atoms with van der Waals surface area (Å²) in [6, 6.07) is 9.83. The standard InChI is InChI=1S/C19H27N3O3/c1-14-18(19(24-3)21(2)20-14)17-10-7-11-22(17)12-15(23)13-25-16-8-5-4-6-9-16/h4-6,8-9,15,17,23H,7,10-13H2,1-3H3/t15-,17-/m1/s1. The normalized spacial score (nSPS) is 19.1. The Hall–Kier alpha value is -2.05. The molecule has 136 valence electrons. The summed E-state index contributed by atoms with van der Waals surface area (Å²) in [4.78, 5) is 2.31. The van der Waals surface area contributed by atoms with Gasteiger partial charge in [-0.2, -0.15) is 5.10 Å². The summed E-state index contributed by atoms with van der Waals surface area (Å²) in [5.41, 5.74) is 2.13. The van der Waals surface area contributed by atoms with E-state index in [1.807, 2.05) is 44.3 Å². The second-order valence-electron chi connectivity index (χ2n) is 6.56. The maximum Gasteiger partial charge on any atom is 0.216 e. The Morgan fingerprint density at radius 3 is 2.80 bits per heavy atom. The molecule has 0 radical (unpaired) electrons. The summed E-state index contributed by atoms with van der Waals surface area (Å²) < 4.78 is 13.0. The van der Waals surface area contributed by atoms with Gasteiger partial charge in [-0.3, -0.25) is 4.90 Å². The molecule has 0 amide bonds. The van der Waals surface area contributed by atoms with Crippen LogP contribution >= 0.6 is 0 Å². The first-order chi connectivity index (χ1) is 12.1. The van der Waals surface area contributed by atoms with Gasteiger partial charge in [0, 0.05) is 19.6 Å². The van der Waals surface area contributed by atoms with Gasteiger partial charge in [0.15, 0.2) is 0 Å². The first-order valence-electron chi connectivity index (χ1n) is 8.77. The van der Waals surface area contributed by atoms with E-state index in [-0.39, 0.29) is 12.6 Å². The molecular formula is C19H27N3O3. The summed E-state index contributed by atoms with van der Waals surface area (Å²) in [5.74, 6) is 1.59. The van der Waals surface area contributed by atoms with E-state index in [9.17, 15) is 5.11 Å². The van der Waals surface area contributed by atoms with Gasteiger partial charge in [-0.15, -0.1) is 0 Å². The number of rotatable bonds is 7. The molecule has 2 aromatic rings. The number of hydrogen-bond acceptors (Lipinski definition) is 5. The molecule has 1 aromatic carbocycles. The number of aliphatic hydroxyl groups is 1. The Labute approximate surface area is 149 Å². The van der Waals surface area contributed by atoms with Crippen molar-refractivity contribution in [1.29, 1.82) is 0 Å². The van der Waals surface area contributed by atoms with Gasteiger partial charge < -0.3 is 14.6 Å². The minimum atomic E-state index is -0.538. The molecule has 25 heavy (non-hydrogen) atoms. The van der Waals surface area contributed by atoms with Crippen LogP contribution < -0.4 is 9.47 Å². The summed E-state index contributed by atoms with van der Waals surface area (Å²) in [6.07, 6.45) is 1.62. The van der Waals surface area contributed by atoms with E-state index in [2.05, 4.69) is 10.00 Å². The van der Waals surface area contributed by atoms with E-state index >= 15 is 0 Å². The van der Waals surface area contributed by atoms with E-state index in [0.29, 0.717) is 6.54 Å². The van der Waals surface area contributed by atoms with Crippen LogP contribution in [0.1, 0.15) is 30.1 Å². The SMILES string of the molecule is COc1c([C@H]2CCCN2C[C@@H](O)COc2ccccc2)c(C)nn1C. The largest absolute Gasteiger partial charge is 0.491 e. The minimum absolute atomic E-state index is 0.232. The topological polar surface area (TPSA) is 59.8 Å². The van der Waals surface area contributed by atoms with Crippen molar-refractivity contribution in [3.05, 3.63) is 41.6 Å². The van der Waals surface area contributed by atoms with E-state index in [0.717, 1.165) is 42.3 Å². The monoisotopic (exact) mass is 345 g/mol. The molecule has 0 spiro atoms. The van der Waals surface area contributed by atoms with Crippen LogP contribution in [0.2, 0.25) is 0 Å². The highest BCUT2D eigenvalue weighted by Crippen LogP contribution is 2.38. The smallest absolute Gasteiger partial charge is 0.216 e. The Kier molecular flexibility index (Phi) is 5.60. The number of aliphatic hydroxyl groups excluding tert-OH is 1. The number of hydrogen-bond donors (Lipinski definition) is 1. The molecule has 1 saturated heterocycles. The third kappa shape index (κ3) is 3.96. The predicted molar refractivity (Wildman–Crippen MR) is 96.0 cm³/mol. The molecule has 3 rings (SSSR count). The fraction of sp³-hybridized carbons (Fsp3) is 0.526. The highest BCUT2D eigenvalue weighted by atomic mass is 16.5. The number of methoxy groups -OCH3 is 1.